The second-order valence-electron chi connectivity index (χ2n) is 9.69. The number of phenols is 1. The lowest BCUT2D eigenvalue weighted by Crippen LogP contribution is -2.46. The van der Waals surface area contributed by atoms with Crippen molar-refractivity contribution in [1.29, 1.82) is 0 Å². The minimum Gasteiger partial charge on any atom is -0.508 e. The van der Waals surface area contributed by atoms with Crippen molar-refractivity contribution in [3.8, 4) is 5.75 Å². The van der Waals surface area contributed by atoms with Gasteiger partial charge in [0.25, 0.3) is 0 Å². The van der Waals surface area contributed by atoms with Crippen LogP contribution in [0.3, 0.4) is 0 Å². The molecule has 1 aromatic rings. The van der Waals surface area contributed by atoms with E-state index >= 15 is 0 Å². The molecule has 0 aromatic heterocycles. The van der Waals surface area contributed by atoms with Gasteiger partial charge in [-0.1, -0.05) is 35.2 Å². The van der Waals surface area contributed by atoms with E-state index in [1.165, 1.54) is 0 Å². The SMILES string of the molecule is COCC1=C2B(O)O[C@H](c3cc(Br)ccc3O)C[C@H]2[C@H]2C(=O)N(C3CCCCC3)C(=O)[C@H]2C1. The highest BCUT2D eigenvalue weighted by Gasteiger charge is 2.59. The molecule has 5 rings (SSSR count). The molecule has 2 saturated heterocycles. The van der Waals surface area contributed by atoms with Crippen molar-refractivity contribution in [2.24, 2.45) is 17.8 Å². The number of aromatic hydroxyl groups is 1. The number of amides is 2. The van der Waals surface area contributed by atoms with Crippen LogP contribution in [0.4, 0.5) is 0 Å². The Kier molecular flexibility index (Phi) is 6.42. The maximum atomic E-state index is 13.7. The van der Waals surface area contributed by atoms with Gasteiger partial charge in [-0.2, -0.15) is 0 Å². The van der Waals surface area contributed by atoms with Crippen LogP contribution in [0.15, 0.2) is 33.7 Å². The summed E-state index contributed by atoms with van der Waals surface area (Å²) in [7, 11) is 0.369. The number of nitrogens with zero attached hydrogens (tertiary/aromatic N) is 1. The number of carbonyl (C=O) groups is 2. The number of hydrogen-bond donors (Lipinski definition) is 2. The fraction of sp³-hybridized carbons (Fsp3) is 0.583. The van der Waals surface area contributed by atoms with E-state index in [0.717, 1.165) is 42.1 Å². The van der Waals surface area contributed by atoms with Crippen molar-refractivity contribution in [1.82, 2.24) is 4.90 Å². The first-order valence-electron chi connectivity index (χ1n) is 11.8. The molecule has 2 aliphatic carbocycles. The average molecular weight is 518 g/mol. The first-order chi connectivity index (χ1) is 15.9. The summed E-state index contributed by atoms with van der Waals surface area (Å²) < 4.78 is 12.1. The number of likely N-dealkylation sites (tertiary alicyclic amines) is 1. The fourth-order valence-corrected chi connectivity index (χ4v) is 6.80. The van der Waals surface area contributed by atoms with Crippen molar-refractivity contribution in [2.45, 2.75) is 57.1 Å². The number of allylic oxidation sites excluding steroid dienone is 1. The van der Waals surface area contributed by atoms with Gasteiger partial charge in [0.15, 0.2) is 0 Å². The van der Waals surface area contributed by atoms with Crippen LogP contribution in [0.2, 0.25) is 0 Å². The van der Waals surface area contributed by atoms with E-state index < -0.39 is 25.1 Å². The molecule has 4 aliphatic rings. The molecule has 4 atom stereocenters. The molecule has 176 valence electrons. The van der Waals surface area contributed by atoms with Crippen LogP contribution in [0, 0.1) is 17.8 Å². The van der Waals surface area contributed by atoms with E-state index in [4.69, 9.17) is 9.39 Å². The summed E-state index contributed by atoms with van der Waals surface area (Å²) in [6, 6.07) is 5.06. The van der Waals surface area contributed by atoms with Gasteiger partial charge in [0.2, 0.25) is 11.8 Å². The first kappa shape index (κ1) is 23.1. The summed E-state index contributed by atoms with van der Waals surface area (Å²) in [6.45, 7) is 0.285. The number of carbonyl (C=O) groups excluding carboxylic acids is 2. The summed E-state index contributed by atoms with van der Waals surface area (Å²) in [5, 5.41) is 21.5. The van der Waals surface area contributed by atoms with E-state index in [9.17, 15) is 19.7 Å². The lowest BCUT2D eigenvalue weighted by molar-refractivity contribution is -0.143. The van der Waals surface area contributed by atoms with E-state index in [2.05, 4.69) is 15.9 Å². The van der Waals surface area contributed by atoms with Gasteiger partial charge in [-0.05, 0) is 60.8 Å². The number of benzene rings is 1. The second kappa shape index (κ2) is 9.17. The summed E-state index contributed by atoms with van der Waals surface area (Å²) in [4.78, 5) is 28.8. The van der Waals surface area contributed by atoms with Crippen LogP contribution in [0.1, 0.15) is 56.6 Å². The molecule has 0 bridgehead atoms. The van der Waals surface area contributed by atoms with Crippen molar-refractivity contribution in [3.63, 3.8) is 0 Å². The van der Waals surface area contributed by atoms with Crippen LogP contribution >= 0.6 is 15.9 Å². The Hall–Kier alpha value is -1.68. The number of imide groups is 1. The third-order valence-corrected chi connectivity index (χ3v) is 8.33. The van der Waals surface area contributed by atoms with Crippen LogP contribution in [0.5, 0.6) is 5.75 Å². The molecule has 0 radical (unpaired) electrons. The lowest BCUT2D eigenvalue weighted by atomic mass is 9.55. The van der Waals surface area contributed by atoms with Crippen LogP contribution in [-0.2, 0) is 19.0 Å². The molecule has 1 saturated carbocycles. The lowest BCUT2D eigenvalue weighted by Gasteiger charge is -2.42. The number of halogens is 1. The van der Waals surface area contributed by atoms with Crippen molar-refractivity contribution in [2.75, 3.05) is 13.7 Å². The van der Waals surface area contributed by atoms with Gasteiger partial charge in [0, 0.05) is 23.2 Å². The predicted octanol–water partition coefficient (Wildman–Crippen LogP) is 3.53. The zero-order valence-electron chi connectivity index (χ0n) is 18.7. The molecule has 1 aromatic carbocycles. The standard InChI is InChI=1S/C24H29BBrNO6/c1-32-12-13-9-18-21(24(30)27(23(18)29)15-5-3-2-4-6-15)17-11-20(33-25(31)22(13)17)16-10-14(26)7-8-19(16)28/h7-8,10,15,17-18,20-21,28,31H,2-6,9,11-12H2,1H3/t17-,18-,20-,21+/m0/s1. The Morgan fingerprint density at radius 1 is 1.18 bits per heavy atom. The number of hydrogen-bond acceptors (Lipinski definition) is 6. The molecular weight excluding hydrogens is 489 g/mol. The monoisotopic (exact) mass is 517 g/mol. The van der Waals surface area contributed by atoms with Gasteiger partial charge in [-0.15, -0.1) is 0 Å². The Morgan fingerprint density at radius 2 is 1.94 bits per heavy atom. The van der Waals surface area contributed by atoms with Gasteiger partial charge in [0.05, 0.1) is 24.5 Å². The number of fused-ring (bicyclic) bond motifs is 3. The summed E-state index contributed by atoms with van der Waals surface area (Å²) in [5.41, 5.74) is 2.08. The van der Waals surface area contributed by atoms with Gasteiger partial charge >= 0.3 is 7.12 Å². The van der Waals surface area contributed by atoms with Crippen LogP contribution in [-0.4, -0.2) is 53.7 Å². The highest BCUT2D eigenvalue weighted by Crippen LogP contribution is 2.53. The molecule has 2 heterocycles. The third-order valence-electron chi connectivity index (χ3n) is 7.84. The zero-order valence-corrected chi connectivity index (χ0v) is 20.3. The predicted molar refractivity (Wildman–Crippen MR) is 125 cm³/mol. The topological polar surface area (TPSA) is 96.3 Å². The van der Waals surface area contributed by atoms with Gasteiger partial charge in [0.1, 0.15) is 5.75 Å². The van der Waals surface area contributed by atoms with E-state index in [-0.39, 0.29) is 36.1 Å². The summed E-state index contributed by atoms with van der Waals surface area (Å²) in [6.07, 6.45) is 5.17. The number of methoxy groups -OCH3 is 1. The van der Waals surface area contributed by atoms with Gasteiger partial charge in [-0.3, -0.25) is 14.5 Å². The Bertz CT molecular complexity index is 993. The molecular formula is C24H29BBrNO6. The normalized spacial score (nSPS) is 30.6. The Morgan fingerprint density at radius 3 is 2.67 bits per heavy atom. The number of phenolic OH excluding ortho intramolecular Hbond substituents is 1. The molecule has 33 heavy (non-hydrogen) atoms. The van der Waals surface area contributed by atoms with Crippen molar-refractivity contribution in [3.05, 3.63) is 39.3 Å². The Labute approximate surface area is 202 Å². The maximum Gasteiger partial charge on any atom is 0.487 e. The molecule has 3 fully saturated rings. The largest absolute Gasteiger partial charge is 0.508 e. The third kappa shape index (κ3) is 3.97. The van der Waals surface area contributed by atoms with Gasteiger partial charge in [-0.25, -0.2) is 0 Å². The number of rotatable bonds is 4. The first-order valence-corrected chi connectivity index (χ1v) is 12.6. The molecule has 0 spiro atoms. The zero-order chi connectivity index (χ0) is 23.3. The quantitative estimate of drug-likeness (QED) is 0.468. The van der Waals surface area contributed by atoms with E-state index in [1.54, 1.807) is 30.2 Å². The van der Waals surface area contributed by atoms with Crippen molar-refractivity contribution >= 4 is 34.9 Å². The van der Waals surface area contributed by atoms with Crippen molar-refractivity contribution < 1.29 is 29.1 Å². The minimum absolute atomic E-state index is 0.0200. The molecule has 7 nitrogen and oxygen atoms in total. The molecule has 0 unspecified atom stereocenters. The Balaban J connectivity index is 1.52. The highest BCUT2D eigenvalue weighted by atomic mass is 79.9. The molecule has 2 N–H and O–H groups in total. The van der Waals surface area contributed by atoms with E-state index in [1.807, 2.05) is 0 Å². The second-order valence-corrected chi connectivity index (χ2v) is 10.6. The highest BCUT2D eigenvalue weighted by molar-refractivity contribution is 9.10. The summed E-state index contributed by atoms with van der Waals surface area (Å²) >= 11 is 3.43. The smallest absolute Gasteiger partial charge is 0.487 e. The molecule has 2 aliphatic heterocycles. The van der Waals surface area contributed by atoms with Crippen LogP contribution in [0.25, 0.3) is 0 Å². The molecule has 2 amide bonds. The fourth-order valence-electron chi connectivity index (χ4n) is 6.42. The van der Waals surface area contributed by atoms with Crippen LogP contribution < -0.4 is 0 Å². The maximum absolute atomic E-state index is 13.7. The average Bonchev–Trinajstić information content (AvgIpc) is 3.05. The summed E-state index contributed by atoms with van der Waals surface area (Å²) in [5.74, 6) is -1.39. The van der Waals surface area contributed by atoms with Gasteiger partial charge < -0.3 is 19.5 Å². The molecule has 9 heteroatoms. The number of ether oxygens (including phenoxy) is 1. The van der Waals surface area contributed by atoms with E-state index in [0.29, 0.717) is 23.9 Å². The minimum atomic E-state index is -1.22.